The fourth-order valence-electron chi connectivity index (χ4n) is 7.45. The molecule has 9 rings (SSSR count). The van der Waals surface area contributed by atoms with Crippen LogP contribution in [0.2, 0.25) is 0 Å². The Kier molecular flexibility index (Phi) is 5.88. The van der Waals surface area contributed by atoms with Gasteiger partial charge >= 0.3 is 0 Å². The standard InChI is InChI=1S/C44H32N2/c1-44(2)38-19-11-9-17-34(38)36-28-42-37(27-39(36)44)35-18-10-12-20-41(35)46(42)43-26-33(30-15-7-4-8-16-30)25-40(45-43)32-23-21-31(22-24-32)29-13-5-3-6-14-29/h3-28H,1-2H3. The molecule has 2 heterocycles. The zero-order valence-electron chi connectivity index (χ0n) is 25.9. The Morgan fingerprint density at radius 3 is 1.80 bits per heavy atom. The first-order chi connectivity index (χ1) is 22.6. The molecule has 0 atom stereocenters. The third-order valence-electron chi connectivity index (χ3n) is 9.81. The summed E-state index contributed by atoms with van der Waals surface area (Å²) in [5.41, 5.74) is 14.5. The third-order valence-corrected chi connectivity index (χ3v) is 9.81. The van der Waals surface area contributed by atoms with Crippen LogP contribution in [0.1, 0.15) is 25.0 Å². The molecule has 0 unspecified atom stereocenters. The highest BCUT2D eigenvalue weighted by Gasteiger charge is 2.36. The molecule has 0 saturated carbocycles. The molecule has 1 aliphatic carbocycles. The lowest BCUT2D eigenvalue weighted by molar-refractivity contribution is 0.661. The average molecular weight is 589 g/mol. The Morgan fingerprint density at radius 1 is 0.435 bits per heavy atom. The van der Waals surface area contributed by atoms with Gasteiger partial charge in [0.05, 0.1) is 16.7 Å². The Balaban J connectivity index is 1.30. The summed E-state index contributed by atoms with van der Waals surface area (Å²) in [6, 6.07) is 56.9. The van der Waals surface area contributed by atoms with E-state index in [1.807, 2.05) is 0 Å². The molecule has 0 bridgehead atoms. The Hall–Kier alpha value is -5.73. The highest BCUT2D eigenvalue weighted by Crippen LogP contribution is 2.51. The molecule has 0 fully saturated rings. The second-order valence-corrected chi connectivity index (χ2v) is 12.8. The van der Waals surface area contributed by atoms with Crippen molar-refractivity contribution >= 4 is 21.8 Å². The molecule has 46 heavy (non-hydrogen) atoms. The number of para-hydroxylation sites is 1. The van der Waals surface area contributed by atoms with Crippen LogP contribution in [-0.4, -0.2) is 9.55 Å². The number of hydrogen-bond donors (Lipinski definition) is 0. The van der Waals surface area contributed by atoms with Gasteiger partial charge in [0, 0.05) is 21.8 Å². The van der Waals surface area contributed by atoms with Crippen molar-refractivity contribution in [1.82, 2.24) is 9.55 Å². The predicted octanol–water partition coefficient (Wildman–Crippen LogP) is 11.5. The third kappa shape index (κ3) is 4.07. The maximum absolute atomic E-state index is 5.40. The number of benzene rings is 6. The lowest BCUT2D eigenvalue weighted by Gasteiger charge is -2.21. The lowest BCUT2D eigenvalue weighted by atomic mass is 9.82. The summed E-state index contributed by atoms with van der Waals surface area (Å²) in [4.78, 5) is 5.40. The predicted molar refractivity (Wildman–Crippen MR) is 192 cm³/mol. The molecule has 2 aromatic heterocycles. The van der Waals surface area contributed by atoms with Gasteiger partial charge in [-0.25, -0.2) is 4.98 Å². The molecule has 2 nitrogen and oxygen atoms in total. The van der Waals surface area contributed by atoms with Gasteiger partial charge in [-0.2, -0.15) is 0 Å². The van der Waals surface area contributed by atoms with Gasteiger partial charge in [0.15, 0.2) is 0 Å². The molecule has 6 aromatic carbocycles. The van der Waals surface area contributed by atoms with E-state index in [1.54, 1.807) is 0 Å². The molecule has 0 saturated heterocycles. The Bertz CT molecular complexity index is 2410. The SMILES string of the molecule is CC1(C)c2ccccc2-c2cc3c(cc21)c1ccccc1n3-c1cc(-c2ccccc2)cc(-c2ccc(-c3ccccc3)cc2)n1. The van der Waals surface area contributed by atoms with E-state index in [0.717, 1.165) is 28.2 Å². The van der Waals surface area contributed by atoms with Crippen molar-refractivity contribution in [3.63, 3.8) is 0 Å². The van der Waals surface area contributed by atoms with E-state index in [9.17, 15) is 0 Å². The van der Waals surface area contributed by atoms with Crippen LogP contribution >= 0.6 is 0 Å². The normalized spacial score (nSPS) is 13.2. The van der Waals surface area contributed by atoms with E-state index in [1.165, 1.54) is 55.2 Å². The second kappa shape index (κ2) is 10.2. The molecule has 0 radical (unpaired) electrons. The number of hydrogen-bond acceptors (Lipinski definition) is 1. The molecule has 2 heteroatoms. The average Bonchev–Trinajstić information content (AvgIpc) is 3.56. The van der Waals surface area contributed by atoms with Gasteiger partial charge < -0.3 is 0 Å². The van der Waals surface area contributed by atoms with Crippen molar-refractivity contribution in [2.75, 3.05) is 0 Å². The van der Waals surface area contributed by atoms with E-state index in [-0.39, 0.29) is 5.41 Å². The first kappa shape index (κ1) is 26.7. The fraction of sp³-hybridized carbons (Fsp3) is 0.0682. The van der Waals surface area contributed by atoms with Crippen LogP contribution in [0.15, 0.2) is 158 Å². The molecule has 1 aliphatic rings. The molecular weight excluding hydrogens is 556 g/mol. The van der Waals surface area contributed by atoms with Crippen LogP contribution in [0.25, 0.3) is 72.3 Å². The van der Waals surface area contributed by atoms with Gasteiger partial charge in [0.1, 0.15) is 5.82 Å². The number of aromatic nitrogens is 2. The summed E-state index contributed by atoms with van der Waals surface area (Å²) in [5, 5.41) is 2.50. The van der Waals surface area contributed by atoms with E-state index in [2.05, 4.69) is 176 Å². The van der Waals surface area contributed by atoms with Crippen LogP contribution in [0.4, 0.5) is 0 Å². The van der Waals surface area contributed by atoms with E-state index >= 15 is 0 Å². The van der Waals surface area contributed by atoms with Gasteiger partial charge in [0.2, 0.25) is 0 Å². The van der Waals surface area contributed by atoms with Crippen LogP contribution < -0.4 is 0 Å². The maximum atomic E-state index is 5.40. The van der Waals surface area contributed by atoms with Crippen molar-refractivity contribution in [3.05, 3.63) is 169 Å². The van der Waals surface area contributed by atoms with E-state index < -0.39 is 0 Å². The van der Waals surface area contributed by atoms with E-state index in [4.69, 9.17) is 4.98 Å². The summed E-state index contributed by atoms with van der Waals surface area (Å²) in [6.07, 6.45) is 0. The Labute approximate surface area is 269 Å². The minimum atomic E-state index is -0.0616. The van der Waals surface area contributed by atoms with Crippen molar-refractivity contribution in [3.8, 4) is 50.5 Å². The van der Waals surface area contributed by atoms with Gasteiger partial charge in [0.25, 0.3) is 0 Å². The maximum Gasteiger partial charge on any atom is 0.138 e. The van der Waals surface area contributed by atoms with E-state index in [0.29, 0.717) is 0 Å². The van der Waals surface area contributed by atoms with Crippen molar-refractivity contribution < 1.29 is 0 Å². The summed E-state index contributed by atoms with van der Waals surface area (Å²) in [5.74, 6) is 0.917. The second-order valence-electron chi connectivity index (χ2n) is 12.8. The monoisotopic (exact) mass is 588 g/mol. The first-order valence-corrected chi connectivity index (χ1v) is 16.0. The van der Waals surface area contributed by atoms with Crippen LogP contribution in [0, 0.1) is 0 Å². The number of pyridine rings is 1. The summed E-state index contributed by atoms with van der Waals surface area (Å²) < 4.78 is 2.37. The van der Waals surface area contributed by atoms with Gasteiger partial charge in [-0.3, -0.25) is 4.57 Å². The quantitative estimate of drug-likeness (QED) is 0.200. The minimum Gasteiger partial charge on any atom is -0.294 e. The molecule has 218 valence electrons. The van der Waals surface area contributed by atoms with Gasteiger partial charge in [-0.15, -0.1) is 0 Å². The smallest absolute Gasteiger partial charge is 0.138 e. The summed E-state index contributed by atoms with van der Waals surface area (Å²) in [6.45, 7) is 4.70. The highest BCUT2D eigenvalue weighted by atomic mass is 15.1. The van der Waals surface area contributed by atoms with Gasteiger partial charge in [-0.05, 0) is 74.8 Å². The number of nitrogens with zero attached hydrogens (tertiary/aromatic N) is 2. The molecule has 0 aliphatic heterocycles. The number of rotatable bonds is 4. The topological polar surface area (TPSA) is 17.8 Å². The molecule has 0 spiro atoms. The molecule has 0 amide bonds. The molecular formula is C44H32N2. The van der Waals surface area contributed by atoms with Crippen molar-refractivity contribution in [1.29, 1.82) is 0 Å². The number of fused-ring (bicyclic) bond motifs is 6. The van der Waals surface area contributed by atoms with Crippen molar-refractivity contribution in [2.24, 2.45) is 0 Å². The molecule has 0 N–H and O–H groups in total. The minimum absolute atomic E-state index is 0.0616. The fourth-order valence-corrected chi connectivity index (χ4v) is 7.45. The van der Waals surface area contributed by atoms with Crippen LogP contribution in [0.3, 0.4) is 0 Å². The largest absolute Gasteiger partial charge is 0.294 e. The van der Waals surface area contributed by atoms with Crippen LogP contribution in [-0.2, 0) is 5.41 Å². The zero-order valence-corrected chi connectivity index (χ0v) is 25.9. The molecule has 8 aromatic rings. The summed E-state index contributed by atoms with van der Waals surface area (Å²) >= 11 is 0. The lowest BCUT2D eigenvalue weighted by Crippen LogP contribution is -2.14. The Morgan fingerprint density at radius 2 is 1.04 bits per heavy atom. The van der Waals surface area contributed by atoms with Crippen LogP contribution in [0.5, 0.6) is 0 Å². The summed E-state index contributed by atoms with van der Waals surface area (Å²) in [7, 11) is 0. The zero-order chi connectivity index (χ0) is 30.8. The van der Waals surface area contributed by atoms with Crippen molar-refractivity contribution in [2.45, 2.75) is 19.3 Å². The first-order valence-electron chi connectivity index (χ1n) is 16.0. The van der Waals surface area contributed by atoms with Gasteiger partial charge in [-0.1, -0.05) is 141 Å². The highest BCUT2D eigenvalue weighted by molar-refractivity contribution is 6.11.